The molecule has 1 nitrogen and oxygen atoms in total. The van der Waals surface area contributed by atoms with Crippen molar-refractivity contribution in [3.63, 3.8) is 0 Å². The molecule has 0 heterocycles. The van der Waals surface area contributed by atoms with Crippen LogP contribution < -0.4 is 0 Å². The van der Waals surface area contributed by atoms with E-state index in [1.54, 1.807) is 6.26 Å². The zero-order valence-electron chi connectivity index (χ0n) is 6.44. The average Bonchev–Trinajstić information content (AvgIpc) is 1.91. The zero-order chi connectivity index (χ0) is 8.24. The van der Waals surface area contributed by atoms with Crippen LogP contribution in [0, 0.1) is 0 Å². The molecule has 0 aromatic rings. The molecular weight excluding hydrogens is 187 g/mol. The largest absolute Gasteiger partial charge is 0.502 e. The Hall–Kier alpha value is 0.337. The maximum absolute atomic E-state index is 4.95. The summed E-state index contributed by atoms with van der Waals surface area (Å²) in [4.78, 5) is 0. The number of hydrogen-bond acceptors (Lipinski definition) is 1. The predicted octanol–water partition coefficient (Wildman–Crippen LogP) is 2.41. The number of hydrogen-bond donors (Lipinski definition) is 0. The third-order valence-corrected chi connectivity index (χ3v) is 0.554. The van der Waals surface area contributed by atoms with Gasteiger partial charge in [0.2, 0.25) is 8.14 Å². The monoisotopic (exact) mass is 200 g/mol. The van der Waals surface area contributed by atoms with Crippen LogP contribution in [0.2, 0.25) is 0 Å². The second kappa shape index (κ2) is 16.2. The third kappa shape index (κ3) is 23.9. The molecule has 0 amide bonds. The fraction of sp³-hybridized carbons (Fsp3) is 0.667. The molecule has 0 unspecified atom stereocenters. The van der Waals surface area contributed by atoms with Crippen molar-refractivity contribution in [1.29, 1.82) is 0 Å². The van der Waals surface area contributed by atoms with Crippen LogP contribution in [0.3, 0.4) is 0 Å². The molecule has 0 radical (unpaired) electrons. The van der Waals surface area contributed by atoms with Gasteiger partial charge in [0, 0.05) is 0 Å². The van der Waals surface area contributed by atoms with Crippen LogP contribution in [0.5, 0.6) is 0 Å². The SMILES string of the molecule is CC=COCCC.Cl[SiH2]Cl. The van der Waals surface area contributed by atoms with Crippen molar-refractivity contribution in [1.82, 2.24) is 0 Å². The Kier molecular flexibility index (Phi) is 21.0. The summed E-state index contributed by atoms with van der Waals surface area (Å²) in [5, 5.41) is 0. The van der Waals surface area contributed by atoms with Crippen LogP contribution in [0.4, 0.5) is 0 Å². The zero-order valence-corrected chi connectivity index (χ0v) is 9.37. The quantitative estimate of drug-likeness (QED) is 0.295. The second-order valence-electron chi connectivity index (χ2n) is 1.44. The molecule has 4 heteroatoms. The van der Waals surface area contributed by atoms with Gasteiger partial charge < -0.3 is 4.74 Å². The summed E-state index contributed by atoms with van der Waals surface area (Å²) >= 11 is 9.81. The normalized spacial score (nSPS) is 8.80. The lowest BCUT2D eigenvalue weighted by atomic mass is 10.5. The first-order chi connectivity index (χ1) is 4.83. The van der Waals surface area contributed by atoms with Gasteiger partial charge in [0.05, 0.1) is 12.9 Å². The van der Waals surface area contributed by atoms with Crippen molar-refractivity contribution in [3.05, 3.63) is 12.3 Å². The highest BCUT2D eigenvalue weighted by Crippen LogP contribution is 1.79. The summed E-state index contributed by atoms with van der Waals surface area (Å²) in [5.41, 5.74) is 0. The maximum Gasteiger partial charge on any atom is 0.222 e. The average molecular weight is 201 g/mol. The molecule has 0 spiro atoms. The van der Waals surface area contributed by atoms with E-state index in [0.29, 0.717) is 0 Å². The number of rotatable bonds is 3. The van der Waals surface area contributed by atoms with Gasteiger partial charge in [-0.15, -0.1) is 0 Å². The van der Waals surface area contributed by atoms with E-state index >= 15 is 0 Å². The Bertz CT molecular complexity index is 68.8. The number of allylic oxidation sites excluding steroid dienone is 1. The first kappa shape index (κ1) is 13.0. The van der Waals surface area contributed by atoms with E-state index in [0.717, 1.165) is 13.0 Å². The molecular formula is C6H14Cl2OSi. The smallest absolute Gasteiger partial charge is 0.222 e. The van der Waals surface area contributed by atoms with Gasteiger partial charge in [-0.3, -0.25) is 0 Å². The number of halogens is 2. The maximum atomic E-state index is 4.95. The molecule has 0 fully saturated rings. The molecule has 0 aliphatic carbocycles. The molecule has 62 valence electrons. The second-order valence-corrected chi connectivity index (χ2v) is 4.07. The summed E-state index contributed by atoms with van der Waals surface area (Å²) < 4.78 is 4.95. The Labute approximate surface area is 74.6 Å². The van der Waals surface area contributed by atoms with Crippen molar-refractivity contribution < 1.29 is 4.74 Å². The Morgan fingerprint density at radius 1 is 1.50 bits per heavy atom. The van der Waals surface area contributed by atoms with Crippen LogP contribution in [-0.4, -0.2) is 14.7 Å². The predicted molar refractivity (Wildman–Crippen MR) is 51.3 cm³/mol. The molecule has 0 saturated heterocycles. The van der Waals surface area contributed by atoms with Crippen LogP contribution in [0.1, 0.15) is 20.3 Å². The first-order valence-corrected chi connectivity index (χ1v) is 7.45. The van der Waals surface area contributed by atoms with Crippen LogP contribution in [-0.2, 0) is 4.74 Å². The minimum Gasteiger partial charge on any atom is -0.502 e. The fourth-order valence-corrected chi connectivity index (χ4v) is 0.282. The molecule has 0 aromatic heterocycles. The van der Waals surface area contributed by atoms with Gasteiger partial charge in [-0.1, -0.05) is 13.0 Å². The fourth-order valence-electron chi connectivity index (χ4n) is 0.282. The van der Waals surface area contributed by atoms with Gasteiger partial charge in [-0.25, -0.2) is 0 Å². The molecule has 0 aliphatic heterocycles. The molecule has 0 N–H and O–H groups in total. The van der Waals surface area contributed by atoms with Crippen molar-refractivity contribution in [2.24, 2.45) is 0 Å². The molecule has 0 atom stereocenters. The van der Waals surface area contributed by atoms with Crippen LogP contribution >= 0.6 is 22.2 Å². The Morgan fingerprint density at radius 2 is 2.00 bits per heavy atom. The van der Waals surface area contributed by atoms with Crippen LogP contribution in [0.25, 0.3) is 0 Å². The highest BCUT2D eigenvalue weighted by Gasteiger charge is 1.70. The standard InChI is InChI=1S/C6H12O.Cl2H2Si/c1-3-5-7-6-4-2;1-3-2/h3,5H,4,6H2,1-2H3;3H2. The van der Waals surface area contributed by atoms with Gasteiger partial charge in [-0.05, 0) is 13.3 Å². The van der Waals surface area contributed by atoms with Gasteiger partial charge in [-0.2, -0.15) is 22.2 Å². The summed E-state index contributed by atoms with van der Waals surface area (Å²) in [6, 6.07) is 0. The van der Waals surface area contributed by atoms with E-state index in [4.69, 9.17) is 26.9 Å². The highest BCUT2D eigenvalue weighted by atomic mass is 35.7. The van der Waals surface area contributed by atoms with Gasteiger partial charge >= 0.3 is 0 Å². The van der Waals surface area contributed by atoms with Crippen molar-refractivity contribution >= 4 is 30.3 Å². The molecule has 0 aromatic carbocycles. The van der Waals surface area contributed by atoms with Crippen molar-refractivity contribution in [3.8, 4) is 0 Å². The van der Waals surface area contributed by atoms with Crippen molar-refractivity contribution in [2.75, 3.05) is 6.61 Å². The summed E-state index contributed by atoms with van der Waals surface area (Å²) in [6.45, 7) is 4.86. The van der Waals surface area contributed by atoms with E-state index in [9.17, 15) is 0 Å². The van der Waals surface area contributed by atoms with E-state index in [-0.39, 0.29) is 0 Å². The van der Waals surface area contributed by atoms with Gasteiger partial charge in [0.1, 0.15) is 0 Å². The van der Waals surface area contributed by atoms with E-state index in [1.165, 1.54) is 0 Å². The lowest BCUT2D eigenvalue weighted by Gasteiger charge is -1.91. The minimum absolute atomic E-state index is 0.639. The summed E-state index contributed by atoms with van der Waals surface area (Å²) in [5.74, 6) is 0. The van der Waals surface area contributed by atoms with Crippen LogP contribution in [0.15, 0.2) is 12.3 Å². The molecule has 10 heavy (non-hydrogen) atoms. The lowest BCUT2D eigenvalue weighted by molar-refractivity contribution is 0.249. The Morgan fingerprint density at radius 3 is 2.30 bits per heavy atom. The highest BCUT2D eigenvalue weighted by molar-refractivity contribution is 7.22. The first-order valence-electron chi connectivity index (χ1n) is 3.18. The van der Waals surface area contributed by atoms with Crippen molar-refractivity contribution in [2.45, 2.75) is 20.3 Å². The molecule has 0 bridgehead atoms. The van der Waals surface area contributed by atoms with E-state index in [1.807, 2.05) is 13.0 Å². The summed E-state index contributed by atoms with van der Waals surface area (Å²) in [6.07, 6.45) is 4.68. The minimum atomic E-state index is -0.639. The van der Waals surface area contributed by atoms with E-state index < -0.39 is 8.14 Å². The third-order valence-electron chi connectivity index (χ3n) is 0.554. The van der Waals surface area contributed by atoms with Gasteiger partial charge in [0.25, 0.3) is 0 Å². The molecule has 0 aliphatic rings. The topological polar surface area (TPSA) is 9.23 Å². The molecule has 0 rings (SSSR count). The van der Waals surface area contributed by atoms with E-state index in [2.05, 4.69) is 6.92 Å². The Balaban J connectivity index is 0. The number of ether oxygens (including phenoxy) is 1. The van der Waals surface area contributed by atoms with Gasteiger partial charge in [0.15, 0.2) is 0 Å². The lowest BCUT2D eigenvalue weighted by Crippen LogP contribution is -1.80. The summed E-state index contributed by atoms with van der Waals surface area (Å²) in [7, 11) is -0.639. The molecule has 0 saturated carbocycles.